The highest BCUT2D eigenvalue weighted by molar-refractivity contribution is 5.84. The summed E-state index contributed by atoms with van der Waals surface area (Å²) in [4.78, 5) is 4.26. The summed E-state index contributed by atoms with van der Waals surface area (Å²) >= 11 is 0. The van der Waals surface area contributed by atoms with E-state index in [1.807, 2.05) is 18.5 Å². The van der Waals surface area contributed by atoms with E-state index >= 15 is 0 Å². The number of aromatic nitrogens is 1. The van der Waals surface area contributed by atoms with Crippen LogP contribution in [0.15, 0.2) is 36.7 Å². The quantitative estimate of drug-likeness (QED) is 0.826. The van der Waals surface area contributed by atoms with Gasteiger partial charge in [0.25, 0.3) is 0 Å². The van der Waals surface area contributed by atoms with Gasteiger partial charge >= 0.3 is 0 Å². The lowest BCUT2D eigenvalue weighted by Crippen LogP contribution is -2.13. The van der Waals surface area contributed by atoms with E-state index in [4.69, 9.17) is 5.73 Å². The molecule has 2 heteroatoms. The summed E-state index contributed by atoms with van der Waals surface area (Å²) in [6, 6.07) is 8.35. The molecule has 2 nitrogen and oxygen atoms in total. The number of benzene rings is 1. The van der Waals surface area contributed by atoms with E-state index in [9.17, 15) is 0 Å². The van der Waals surface area contributed by atoms with E-state index < -0.39 is 0 Å². The molecule has 0 aliphatic rings. The first-order valence-electron chi connectivity index (χ1n) is 5.33. The molecule has 0 aliphatic heterocycles. The Kier molecular flexibility index (Phi) is 2.97. The smallest absolute Gasteiger partial charge is 0.0346 e. The van der Waals surface area contributed by atoms with Crippen LogP contribution in [0.1, 0.15) is 12.5 Å². The fourth-order valence-electron chi connectivity index (χ4n) is 1.80. The van der Waals surface area contributed by atoms with Crippen molar-refractivity contribution in [3.05, 3.63) is 42.2 Å². The number of nitrogens with two attached hydrogens (primary N) is 1. The Morgan fingerprint density at radius 1 is 1.27 bits per heavy atom. The van der Waals surface area contributed by atoms with E-state index in [2.05, 4.69) is 30.1 Å². The van der Waals surface area contributed by atoms with Crippen molar-refractivity contribution in [3.8, 4) is 0 Å². The molecule has 2 aromatic rings. The molecule has 0 radical (unpaired) electrons. The molecule has 0 bridgehead atoms. The van der Waals surface area contributed by atoms with Crippen LogP contribution < -0.4 is 5.73 Å². The van der Waals surface area contributed by atoms with Crippen molar-refractivity contribution >= 4 is 10.8 Å². The van der Waals surface area contributed by atoms with Gasteiger partial charge < -0.3 is 5.73 Å². The molecule has 1 atom stereocenters. The number of fused-ring (bicyclic) bond motifs is 1. The fourth-order valence-corrected chi connectivity index (χ4v) is 1.80. The molecule has 0 spiro atoms. The van der Waals surface area contributed by atoms with Gasteiger partial charge in [-0.2, -0.15) is 0 Å². The van der Waals surface area contributed by atoms with Crippen LogP contribution in [0.5, 0.6) is 0 Å². The Labute approximate surface area is 90.1 Å². The van der Waals surface area contributed by atoms with Crippen LogP contribution in [-0.2, 0) is 6.42 Å². The van der Waals surface area contributed by atoms with E-state index in [1.54, 1.807) is 0 Å². The molecule has 1 unspecified atom stereocenters. The van der Waals surface area contributed by atoms with Gasteiger partial charge in [0.2, 0.25) is 0 Å². The van der Waals surface area contributed by atoms with Gasteiger partial charge in [-0.1, -0.05) is 31.2 Å². The summed E-state index contributed by atoms with van der Waals surface area (Å²) in [5.74, 6) is 0.512. The Morgan fingerprint density at radius 2 is 2.07 bits per heavy atom. The largest absolute Gasteiger partial charge is 0.330 e. The van der Waals surface area contributed by atoms with E-state index in [1.165, 1.54) is 16.3 Å². The maximum atomic E-state index is 5.64. The average Bonchev–Trinajstić information content (AvgIpc) is 2.29. The zero-order valence-electron chi connectivity index (χ0n) is 8.98. The number of hydrogen-bond acceptors (Lipinski definition) is 2. The molecule has 2 N–H and O–H groups in total. The molecule has 0 amide bonds. The van der Waals surface area contributed by atoms with Gasteiger partial charge in [0.15, 0.2) is 0 Å². The summed E-state index contributed by atoms with van der Waals surface area (Å²) in [5, 5.41) is 2.51. The lowest BCUT2D eigenvalue weighted by Gasteiger charge is -2.10. The van der Waals surface area contributed by atoms with Crippen LogP contribution in [0.2, 0.25) is 0 Å². The van der Waals surface area contributed by atoms with Gasteiger partial charge in [-0.05, 0) is 29.8 Å². The number of pyridine rings is 1. The molecule has 0 aliphatic carbocycles. The lowest BCUT2D eigenvalue weighted by molar-refractivity contribution is 0.594. The molecule has 1 heterocycles. The standard InChI is InChI=1S/C13H16N2/c1-10(7-14)6-12-9-15-8-11-4-2-3-5-13(11)12/h2-5,8-10H,6-7,14H2,1H3. The average molecular weight is 200 g/mol. The molecule has 0 fully saturated rings. The highest BCUT2D eigenvalue weighted by Gasteiger charge is 2.05. The molecule has 0 saturated carbocycles. The number of hydrogen-bond donors (Lipinski definition) is 1. The van der Waals surface area contributed by atoms with Crippen LogP contribution in [0.3, 0.4) is 0 Å². The number of nitrogens with zero attached hydrogens (tertiary/aromatic N) is 1. The van der Waals surface area contributed by atoms with Gasteiger partial charge in [0, 0.05) is 17.8 Å². The van der Waals surface area contributed by atoms with Crippen LogP contribution >= 0.6 is 0 Å². The van der Waals surface area contributed by atoms with Crippen molar-refractivity contribution in [1.82, 2.24) is 4.98 Å². The third-order valence-corrected chi connectivity index (χ3v) is 2.72. The topological polar surface area (TPSA) is 38.9 Å². The molecule has 0 saturated heterocycles. The van der Waals surface area contributed by atoms with E-state index in [-0.39, 0.29) is 0 Å². The summed E-state index contributed by atoms with van der Waals surface area (Å²) in [7, 11) is 0. The summed E-state index contributed by atoms with van der Waals surface area (Å²) in [6.45, 7) is 2.89. The SMILES string of the molecule is CC(CN)Cc1cncc2ccccc12. The minimum absolute atomic E-state index is 0.512. The highest BCUT2D eigenvalue weighted by atomic mass is 14.6. The van der Waals surface area contributed by atoms with Crippen molar-refractivity contribution in [3.63, 3.8) is 0 Å². The van der Waals surface area contributed by atoms with Gasteiger partial charge in [-0.3, -0.25) is 4.98 Å². The first-order chi connectivity index (χ1) is 7.31. The van der Waals surface area contributed by atoms with Crippen molar-refractivity contribution in [2.24, 2.45) is 11.7 Å². The van der Waals surface area contributed by atoms with Crippen LogP contribution in [0.4, 0.5) is 0 Å². The second kappa shape index (κ2) is 4.41. The molecule has 15 heavy (non-hydrogen) atoms. The van der Waals surface area contributed by atoms with Gasteiger partial charge in [0.05, 0.1) is 0 Å². The summed E-state index contributed by atoms with van der Waals surface area (Å²) in [5.41, 5.74) is 6.94. The predicted molar refractivity (Wildman–Crippen MR) is 63.7 cm³/mol. The Morgan fingerprint density at radius 3 is 2.87 bits per heavy atom. The van der Waals surface area contributed by atoms with Gasteiger partial charge in [0.1, 0.15) is 0 Å². The third-order valence-electron chi connectivity index (χ3n) is 2.72. The lowest BCUT2D eigenvalue weighted by atomic mass is 9.98. The summed E-state index contributed by atoms with van der Waals surface area (Å²) in [6.07, 6.45) is 4.87. The predicted octanol–water partition coefficient (Wildman–Crippen LogP) is 2.37. The zero-order chi connectivity index (χ0) is 10.7. The van der Waals surface area contributed by atoms with Gasteiger partial charge in [-0.25, -0.2) is 0 Å². The molecular weight excluding hydrogens is 184 g/mol. The van der Waals surface area contributed by atoms with Crippen molar-refractivity contribution in [2.45, 2.75) is 13.3 Å². The summed E-state index contributed by atoms with van der Waals surface area (Å²) < 4.78 is 0. The molecule has 1 aromatic heterocycles. The maximum Gasteiger partial charge on any atom is 0.0346 e. The monoisotopic (exact) mass is 200 g/mol. The molecule has 1 aromatic carbocycles. The van der Waals surface area contributed by atoms with Crippen molar-refractivity contribution in [1.29, 1.82) is 0 Å². The van der Waals surface area contributed by atoms with Crippen LogP contribution in [0, 0.1) is 5.92 Å². The third kappa shape index (κ3) is 2.16. The fraction of sp³-hybridized carbons (Fsp3) is 0.308. The van der Waals surface area contributed by atoms with E-state index in [0.717, 1.165) is 13.0 Å². The Bertz CT molecular complexity index is 446. The van der Waals surface area contributed by atoms with Crippen LogP contribution in [-0.4, -0.2) is 11.5 Å². The minimum Gasteiger partial charge on any atom is -0.330 e. The van der Waals surface area contributed by atoms with E-state index in [0.29, 0.717) is 5.92 Å². The normalized spacial score (nSPS) is 12.9. The maximum absolute atomic E-state index is 5.64. The zero-order valence-corrected chi connectivity index (χ0v) is 8.98. The van der Waals surface area contributed by atoms with Crippen molar-refractivity contribution < 1.29 is 0 Å². The Balaban J connectivity index is 2.42. The van der Waals surface area contributed by atoms with Crippen LogP contribution in [0.25, 0.3) is 10.8 Å². The molecule has 2 rings (SSSR count). The minimum atomic E-state index is 0.512. The Hall–Kier alpha value is -1.41. The first kappa shape index (κ1) is 10.1. The highest BCUT2D eigenvalue weighted by Crippen LogP contribution is 2.19. The second-order valence-corrected chi connectivity index (χ2v) is 4.06. The molecule has 78 valence electrons. The van der Waals surface area contributed by atoms with Gasteiger partial charge in [-0.15, -0.1) is 0 Å². The second-order valence-electron chi connectivity index (χ2n) is 4.06. The number of rotatable bonds is 3. The first-order valence-corrected chi connectivity index (χ1v) is 5.33. The van der Waals surface area contributed by atoms with Crippen molar-refractivity contribution in [2.75, 3.05) is 6.54 Å². The molecular formula is C13H16N2.